The van der Waals surface area contributed by atoms with Crippen molar-refractivity contribution in [3.8, 4) is 0 Å². The Balaban J connectivity index is 1.56. The van der Waals surface area contributed by atoms with Crippen molar-refractivity contribution in [1.82, 2.24) is 9.88 Å². The Morgan fingerprint density at radius 2 is 1.91 bits per heavy atom. The van der Waals surface area contributed by atoms with Crippen LogP contribution in [0.3, 0.4) is 0 Å². The number of piperazine rings is 1. The summed E-state index contributed by atoms with van der Waals surface area (Å²) in [6.45, 7) is 8.40. The number of anilines is 1. The largest absolute Gasteiger partial charge is 0.365 e. The van der Waals surface area contributed by atoms with Crippen LogP contribution in [0.1, 0.15) is 25.3 Å². The molecule has 2 aliphatic rings. The van der Waals surface area contributed by atoms with Crippen LogP contribution in [0.25, 0.3) is 10.9 Å². The molecule has 4 nitrogen and oxygen atoms in total. The summed E-state index contributed by atoms with van der Waals surface area (Å²) in [5.41, 5.74) is 2.94. The fraction of sp³-hybridized carbons (Fsp3) is 0.526. The summed E-state index contributed by atoms with van der Waals surface area (Å²) >= 11 is 0. The number of nitrogens with zero attached hydrogens (tertiary/aromatic N) is 2. The van der Waals surface area contributed by atoms with Gasteiger partial charge in [-0.2, -0.15) is 0 Å². The van der Waals surface area contributed by atoms with Gasteiger partial charge in [0, 0.05) is 37.6 Å². The Morgan fingerprint density at radius 1 is 1.17 bits per heavy atom. The van der Waals surface area contributed by atoms with E-state index in [-0.39, 0.29) is 5.56 Å². The van der Waals surface area contributed by atoms with Crippen molar-refractivity contribution in [2.45, 2.75) is 32.7 Å². The summed E-state index contributed by atoms with van der Waals surface area (Å²) < 4.78 is 0. The molecule has 1 saturated heterocycles. The van der Waals surface area contributed by atoms with Crippen molar-refractivity contribution in [3.05, 3.63) is 40.2 Å². The maximum atomic E-state index is 12.5. The number of nitrogens with one attached hydrogen (secondary N) is 1. The van der Waals surface area contributed by atoms with Gasteiger partial charge in [-0.3, -0.25) is 9.69 Å². The van der Waals surface area contributed by atoms with Gasteiger partial charge < -0.3 is 9.88 Å². The molecule has 2 fully saturated rings. The number of fused-ring (bicyclic) bond motifs is 1. The van der Waals surface area contributed by atoms with Gasteiger partial charge in [0.25, 0.3) is 5.56 Å². The molecule has 1 N–H and O–H groups in total. The summed E-state index contributed by atoms with van der Waals surface area (Å²) in [7, 11) is 0. The summed E-state index contributed by atoms with van der Waals surface area (Å²) in [4.78, 5) is 20.4. The average Bonchev–Trinajstić information content (AvgIpc) is 3.40. The maximum Gasteiger partial charge on any atom is 0.271 e. The molecule has 2 heterocycles. The van der Waals surface area contributed by atoms with Gasteiger partial charge in [0.2, 0.25) is 0 Å². The molecule has 1 saturated carbocycles. The Bertz CT molecular complexity index is 770. The number of hydrogen-bond acceptors (Lipinski definition) is 3. The lowest BCUT2D eigenvalue weighted by Crippen LogP contribution is -2.51. The first kappa shape index (κ1) is 14.8. The average molecular weight is 311 g/mol. The Hall–Kier alpha value is -1.81. The molecular formula is C19H25N3O. The number of para-hydroxylation sites is 1. The number of hydrogen-bond donors (Lipinski definition) is 1. The smallest absolute Gasteiger partial charge is 0.271 e. The highest BCUT2D eigenvalue weighted by atomic mass is 16.1. The van der Waals surface area contributed by atoms with E-state index in [1.54, 1.807) is 0 Å². The van der Waals surface area contributed by atoms with Gasteiger partial charge in [-0.05, 0) is 44.2 Å². The summed E-state index contributed by atoms with van der Waals surface area (Å²) in [6.07, 6.45) is 2.79. The molecule has 1 aliphatic heterocycles. The van der Waals surface area contributed by atoms with Crippen LogP contribution < -0.4 is 10.5 Å². The van der Waals surface area contributed by atoms with Gasteiger partial charge >= 0.3 is 0 Å². The van der Waals surface area contributed by atoms with Gasteiger partial charge in [0.1, 0.15) is 5.69 Å². The molecule has 0 amide bonds. The van der Waals surface area contributed by atoms with Crippen molar-refractivity contribution in [2.75, 3.05) is 31.1 Å². The molecule has 0 spiro atoms. The Morgan fingerprint density at radius 3 is 2.61 bits per heavy atom. The van der Waals surface area contributed by atoms with Gasteiger partial charge in [0.15, 0.2) is 0 Å². The van der Waals surface area contributed by atoms with E-state index in [0.717, 1.165) is 54.3 Å². The molecule has 4 rings (SSSR count). The highest BCUT2D eigenvalue weighted by Crippen LogP contribution is 2.35. The van der Waals surface area contributed by atoms with Crippen molar-refractivity contribution in [3.63, 3.8) is 0 Å². The first-order chi connectivity index (χ1) is 11.1. The molecule has 2 aromatic rings. The fourth-order valence-corrected chi connectivity index (χ4v) is 3.85. The zero-order chi connectivity index (χ0) is 16.0. The molecule has 1 atom stereocenters. The molecule has 23 heavy (non-hydrogen) atoms. The standard InChI is InChI=1S/C19H25N3O/c1-13-4-3-5-16-12-17(19(23)20-18(13)16)22-10-8-21(9-11-22)14(2)15-6-7-15/h3-5,12,14-15H,6-11H2,1-2H3,(H,20,23). The van der Waals surface area contributed by atoms with E-state index >= 15 is 0 Å². The Labute approximate surface area is 137 Å². The van der Waals surface area contributed by atoms with Crippen LogP contribution in [0.4, 0.5) is 5.69 Å². The molecule has 1 aromatic heterocycles. The number of benzene rings is 1. The summed E-state index contributed by atoms with van der Waals surface area (Å²) in [5.74, 6) is 0.911. The van der Waals surface area contributed by atoms with Gasteiger partial charge in [-0.1, -0.05) is 18.2 Å². The number of aryl methyl sites for hydroxylation is 1. The topological polar surface area (TPSA) is 39.3 Å². The molecule has 122 valence electrons. The molecule has 0 bridgehead atoms. The highest BCUT2D eigenvalue weighted by molar-refractivity contribution is 5.84. The summed E-state index contributed by atoms with van der Waals surface area (Å²) in [5, 5.41) is 1.12. The summed E-state index contributed by atoms with van der Waals surface area (Å²) in [6, 6.07) is 8.92. The second-order valence-electron chi connectivity index (χ2n) is 7.12. The number of H-pyrrole nitrogens is 1. The normalized spacial score (nSPS) is 20.9. The third-order valence-electron chi connectivity index (χ3n) is 5.60. The van der Waals surface area contributed by atoms with E-state index < -0.39 is 0 Å². The molecule has 1 aliphatic carbocycles. The van der Waals surface area contributed by atoms with Gasteiger partial charge in [-0.15, -0.1) is 0 Å². The first-order valence-electron chi connectivity index (χ1n) is 8.75. The predicted molar refractivity (Wildman–Crippen MR) is 95.3 cm³/mol. The van der Waals surface area contributed by atoms with Crippen LogP contribution in [0.15, 0.2) is 29.1 Å². The molecule has 0 radical (unpaired) electrons. The van der Waals surface area contributed by atoms with E-state index in [0.29, 0.717) is 6.04 Å². The fourth-order valence-electron chi connectivity index (χ4n) is 3.85. The lowest BCUT2D eigenvalue weighted by Gasteiger charge is -2.39. The van der Waals surface area contributed by atoms with Crippen LogP contribution in [-0.4, -0.2) is 42.1 Å². The van der Waals surface area contributed by atoms with E-state index in [4.69, 9.17) is 0 Å². The predicted octanol–water partition coefficient (Wildman–Crippen LogP) is 2.76. The van der Waals surface area contributed by atoms with Crippen molar-refractivity contribution >= 4 is 16.6 Å². The maximum absolute atomic E-state index is 12.5. The number of pyridine rings is 1. The number of rotatable bonds is 3. The van der Waals surface area contributed by atoms with E-state index in [9.17, 15) is 4.79 Å². The lowest BCUT2D eigenvalue weighted by molar-refractivity contribution is 0.179. The monoisotopic (exact) mass is 311 g/mol. The second kappa shape index (κ2) is 5.68. The van der Waals surface area contributed by atoms with Crippen molar-refractivity contribution < 1.29 is 0 Å². The number of aromatic nitrogens is 1. The van der Waals surface area contributed by atoms with Crippen LogP contribution >= 0.6 is 0 Å². The van der Waals surface area contributed by atoms with Crippen molar-refractivity contribution in [2.24, 2.45) is 5.92 Å². The third-order valence-corrected chi connectivity index (χ3v) is 5.60. The second-order valence-corrected chi connectivity index (χ2v) is 7.12. The minimum absolute atomic E-state index is 0.0375. The Kier molecular flexibility index (Phi) is 3.64. The minimum atomic E-state index is 0.0375. The van der Waals surface area contributed by atoms with Crippen molar-refractivity contribution in [1.29, 1.82) is 0 Å². The lowest BCUT2D eigenvalue weighted by atomic mass is 10.1. The molecule has 1 unspecified atom stereocenters. The van der Waals surface area contributed by atoms with Gasteiger partial charge in [0.05, 0.1) is 5.52 Å². The SMILES string of the molecule is Cc1cccc2cc(N3CCN(C(C)C4CC4)CC3)c(=O)[nH]c12. The van der Waals surface area contributed by atoms with E-state index in [2.05, 4.69) is 39.9 Å². The van der Waals surface area contributed by atoms with Crippen LogP contribution in [0.2, 0.25) is 0 Å². The number of aromatic amines is 1. The molecular weight excluding hydrogens is 286 g/mol. The van der Waals surface area contributed by atoms with Crippen LogP contribution in [0.5, 0.6) is 0 Å². The third kappa shape index (κ3) is 2.76. The molecule has 4 heteroatoms. The first-order valence-corrected chi connectivity index (χ1v) is 8.75. The zero-order valence-electron chi connectivity index (χ0n) is 14.0. The zero-order valence-corrected chi connectivity index (χ0v) is 14.0. The quantitative estimate of drug-likeness (QED) is 0.947. The van der Waals surface area contributed by atoms with E-state index in [1.165, 1.54) is 12.8 Å². The van der Waals surface area contributed by atoms with Crippen LogP contribution in [0, 0.1) is 12.8 Å². The molecule has 1 aromatic carbocycles. The van der Waals surface area contributed by atoms with Gasteiger partial charge in [-0.25, -0.2) is 0 Å². The van der Waals surface area contributed by atoms with Crippen LogP contribution in [-0.2, 0) is 0 Å². The van der Waals surface area contributed by atoms with E-state index in [1.807, 2.05) is 13.0 Å². The highest BCUT2D eigenvalue weighted by Gasteiger charge is 2.33. The minimum Gasteiger partial charge on any atom is -0.365 e.